The minimum Gasteiger partial charge on any atom is -0.375 e. The maximum absolute atomic E-state index is 5.69. The summed E-state index contributed by atoms with van der Waals surface area (Å²) in [6.45, 7) is 9.23. The smallest absolute Gasteiger partial charge is 0.0859 e. The Bertz CT molecular complexity index is 158. The summed E-state index contributed by atoms with van der Waals surface area (Å²) in [6, 6.07) is 0. The van der Waals surface area contributed by atoms with E-state index in [4.69, 9.17) is 21.2 Å². The zero-order chi connectivity index (χ0) is 11.2. The van der Waals surface area contributed by atoms with E-state index >= 15 is 0 Å². The number of nitrogens with two attached hydrogens (primary N) is 2. The van der Waals surface area contributed by atoms with Gasteiger partial charge >= 0.3 is 0 Å². The highest BCUT2D eigenvalue weighted by Gasteiger charge is 2.21. The Morgan fingerprint density at radius 1 is 1.00 bits per heavy atom. The molecule has 4 N–H and O–H groups in total. The van der Waals surface area contributed by atoms with Crippen LogP contribution in [-0.4, -0.2) is 24.4 Å². The fourth-order valence-corrected chi connectivity index (χ4v) is 1.05. The van der Waals surface area contributed by atoms with Gasteiger partial charge in [0, 0.05) is 6.42 Å². The second-order valence-electron chi connectivity index (χ2n) is 4.77. The second kappa shape index (κ2) is 5.66. The van der Waals surface area contributed by atoms with E-state index in [0.717, 1.165) is 12.8 Å². The van der Waals surface area contributed by atoms with Gasteiger partial charge in [-0.25, -0.2) is 5.90 Å². The van der Waals surface area contributed by atoms with Gasteiger partial charge in [-0.15, -0.1) is 0 Å². The molecule has 0 atom stereocenters. The van der Waals surface area contributed by atoms with Crippen molar-refractivity contribution in [2.24, 2.45) is 11.6 Å². The van der Waals surface area contributed by atoms with Crippen LogP contribution < -0.4 is 11.6 Å². The van der Waals surface area contributed by atoms with Gasteiger partial charge in [0.2, 0.25) is 0 Å². The van der Waals surface area contributed by atoms with Crippen molar-refractivity contribution < 1.29 is 9.57 Å². The van der Waals surface area contributed by atoms with Crippen molar-refractivity contribution >= 4 is 0 Å². The van der Waals surface area contributed by atoms with Crippen molar-refractivity contribution in [2.75, 3.05) is 13.2 Å². The Kier molecular flexibility index (Phi) is 5.59. The van der Waals surface area contributed by atoms with Gasteiger partial charge in [0.25, 0.3) is 0 Å². The molecule has 0 aliphatic carbocycles. The van der Waals surface area contributed by atoms with Crippen molar-refractivity contribution in [1.29, 1.82) is 0 Å². The molecule has 0 saturated carbocycles. The first-order valence-electron chi connectivity index (χ1n) is 5.05. The lowest BCUT2D eigenvalue weighted by molar-refractivity contribution is -0.0749. The molecule has 0 saturated heterocycles. The monoisotopic (exact) mass is 204 g/mol. The van der Waals surface area contributed by atoms with Crippen molar-refractivity contribution in [3.8, 4) is 0 Å². The van der Waals surface area contributed by atoms with Crippen molar-refractivity contribution in [1.82, 2.24) is 0 Å². The molecular weight excluding hydrogens is 180 g/mol. The normalized spacial score (nSPS) is 13.3. The Hall–Kier alpha value is -0.160. The van der Waals surface area contributed by atoms with Gasteiger partial charge in [-0.2, -0.15) is 0 Å². The molecular formula is C10H24N2O2. The number of hydrogen-bond acceptors (Lipinski definition) is 4. The first-order valence-corrected chi connectivity index (χ1v) is 5.05. The average molecular weight is 204 g/mol. The van der Waals surface area contributed by atoms with Gasteiger partial charge in [0.05, 0.1) is 17.8 Å². The minimum atomic E-state index is -0.321. The third-order valence-corrected chi connectivity index (χ3v) is 2.26. The SMILES string of the molecule is CC(C)(CCOC(C)(C)CCN)ON. The lowest BCUT2D eigenvalue weighted by Gasteiger charge is -2.28. The summed E-state index contributed by atoms with van der Waals surface area (Å²) >= 11 is 0. The van der Waals surface area contributed by atoms with Gasteiger partial charge in [0.15, 0.2) is 0 Å². The summed E-state index contributed by atoms with van der Waals surface area (Å²) in [4.78, 5) is 4.81. The van der Waals surface area contributed by atoms with Gasteiger partial charge in [-0.1, -0.05) is 0 Å². The molecule has 0 aliphatic heterocycles. The van der Waals surface area contributed by atoms with Crippen molar-refractivity contribution in [3.05, 3.63) is 0 Å². The van der Waals surface area contributed by atoms with E-state index < -0.39 is 0 Å². The predicted molar refractivity (Wildman–Crippen MR) is 57.7 cm³/mol. The standard InChI is InChI=1S/C10H24N2O2/c1-9(2,5-7-11)13-8-6-10(3,4)14-12/h5-8,11-12H2,1-4H3. The Labute approximate surface area is 86.9 Å². The maximum Gasteiger partial charge on any atom is 0.0859 e. The van der Waals surface area contributed by atoms with Crippen LogP contribution in [0.1, 0.15) is 40.5 Å². The molecule has 86 valence electrons. The number of rotatable bonds is 7. The van der Waals surface area contributed by atoms with Gasteiger partial charge in [-0.3, -0.25) is 4.84 Å². The molecule has 0 spiro atoms. The molecule has 14 heavy (non-hydrogen) atoms. The molecule has 0 amide bonds. The van der Waals surface area contributed by atoms with Crippen molar-refractivity contribution in [3.63, 3.8) is 0 Å². The molecule has 4 heteroatoms. The zero-order valence-corrected chi connectivity index (χ0v) is 9.80. The molecule has 0 fully saturated rings. The lowest BCUT2D eigenvalue weighted by atomic mass is 10.0. The quantitative estimate of drug-likeness (QED) is 0.611. The second-order valence-corrected chi connectivity index (χ2v) is 4.77. The van der Waals surface area contributed by atoms with Gasteiger partial charge in [0.1, 0.15) is 0 Å². The molecule has 0 radical (unpaired) electrons. The van der Waals surface area contributed by atoms with Crippen molar-refractivity contribution in [2.45, 2.75) is 51.7 Å². The zero-order valence-electron chi connectivity index (χ0n) is 9.80. The van der Waals surface area contributed by atoms with E-state index in [1.165, 1.54) is 0 Å². The largest absolute Gasteiger partial charge is 0.375 e. The molecule has 0 aliphatic rings. The Morgan fingerprint density at radius 2 is 1.57 bits per heavy atom. The third-order valence-electron chi connectivity index (χ3n) is 2.26. The van der Waals surface area contributed by atoms with Crippen LogP contribution in [0.4, 0.5) is 0 Å². The van der Waals surface area contributed by atoms with Gasteiger partial charge in [-0.05, 0) is 40.7 Å². The molecule has 0 heterocycles. The Balaban J connectivity index is 3.73. The van der Waals surface area contributed by atoms with E-state index in [0.29, 0.717) is 13.2 Å². The summed E-state index contributed by atoms with van der Waals surface area (Å²) in [5, 5.41) is 0. The fourth-order valence-electron chi connectivity index (χ4n) is 1.05. The van der Waals surface area contributed by atoms with Crippen LogP contribution in [-0.2, 0) is 9.57 Å². The summed E-state index contributed by atoms with van der Waals surface area (Å²) in [6.07, 6.45) is 1.63. The predicted octanol–water partition coefficient (Wildman–Crippen LogP) is 1.19. The highest BCUT2D eigenvalue weighted by molar-refractivity contribution is 4.71. The summed E-state index contributed by atoms with van der Waals surface area (Å²) in [5.74, 6) is 5.14. The van der Waals surface area contributed by atoms with Crippen LogP contribution in [0.5, 0.6) is 0 Å². The third kappa shape index (κ3) is 6.32. The summed E-state index contributed by atoms with van der Waals surface area (Å²) in [7, 11) is 0. The van der Waals surface area contributed by atoms with Crippen LogP contribution in [0.25, 0.3) is 0 Å². The fraction of sp³-hybridized carbons (Fsp3) is 1.00. The average Bonchev–Trinajstić information content (AvgIpc) is 2.03. The molecule has 0 aromatic heterocycles. The van der Waals surface area contributed by atoms with E-state index in [9.17, 15) is 0 Å². The van der Waals surface area contributed by atoms with Gasteiger partial charge < -0.3 is 10.5 Å². The number of ether oxygens (including phenoxy) is 1. The van der Waals surface area contributed by atoms with E-state index in [1.807, 2.05) is 27.7 Å². The molecule has 0 aromatic carbocycles. The molecule has 0 aromatic rings. The van der Waals surface area contributed by atoms with Crippen LogP contribution in [0, 0.1) is 0 Å². The highest BCUT2D eigenvalue weighted by Crippen LogP contribution is 2.17. The lowest BCUT2D eigenvalue weighted by Crippen LogP contribution is -2.33. The van der Waals surface area contributed by atoms with Crippen LogP contribution in [0.3, 0.4) is 0 Å². The van der Waals surface area contributed by atoms with Crippen LogP contribution in [0.15, 0.2) is 0 Å². The first kappa shape index (κ1) is 13.8. The van der Waals surface area contributed by atoms with Crippen LogP contribution in [0.2, 0.25) is 0 Å². The molecule has 0 rings (SSSR count). The van der Waals surface area contributed by atoms with E-state index in [2.05, 4.69) is 0 Å². The first-order chi connectivity index (χ1) is 6.33. The topological polar surface area (TPSA) is 70.5 Å². The number of hydrogen-bond donors (Lipinski definition) is 2. The molecule has 0 unspecified atom stereocenters. The molecule has 0 bridgehead atoms. The summed E-state index contributed by atoms with van der Waals surface area (Å²) < 4.78 is 5.69. The minimum absolute atomic E-state index is 0.153. The van der Waals surface area contributed by atoms with Crippen LogP contribution >= 0.6 is 0 Å². The summed E-state index contributed by atoms with van der Waals surface area (Å²) in [5.41, 5.74) is 5.00. The Morgan fingerprint density at radius 3 is 2.00 bits per heavy atom. The van der Waals surface area contributed by atoms with E-state index in [1.54, 1.807) is 0 Å². The van der Waals surface area contributed by atoms with E-state index in [-0.39, 0.29) is 11.2 Å². The highest BCUT2D eigenvalue weighted by atomic mass is 16.6. The maximum atomic E-state index is 5.69. The molecule has 4 nitrogen and oxygen atoms in total.